The standard InChI is InChI=1S/C40H37N5O2/c1-3-46-26-24-43(34-14-8-5-9-15-34)41-30-32-20-22-39-37(28-32)38-29-33(21-23-40(38)45(39)36-18-12-7-13-19-36)31-42-44(25-27-47-4-2)35-16-10-6-11-17-35/h3-23,28-31H,1-2,24-27H2/b41-30+,42-31+. The minimum atomic E-state index is 0.479. The van der Waals surface area contributed by atoms with Crippen molar-refractivity contribution in [2.45, 2.75) is 0 Å². The number of rotatable bonds is 15. The van der Waals surface area contributed by atoms with Crippen molar-refractivity contribution >= 4 is 45.6 Å². The van der Waals surface area contributed by atoms with Crippen LogP contribution in [0.25, 0.3) is 27.5 Å². The first-order chi connectivity index (χ1) is 23.2. The highest BCUT2D eigenvalue weighted by atomic mass is 16.5. The van der Waals surface area contributed by atoms with Crippen molar-refractivity contribution in [1.29, 1.82) is 0 Å². The second-order valence-electron chi connectivity index (χ2n) is 10.7. The Bertz CT molecular complexity index is 1860. The number of para-hydroxylation sites is 3. The summed E-state index contributed by atoms with van der Waals surface area (Å²) < 4.78 is 13.1. The van der Waals surface area contributed by atoms with Crippen molar-refractivity contribution in [3.05, 3.63) is 164 Å². The highest BCUT2D eigenvalue weighted by Crippen LogP contribution is 2.33. The van der Waals surface area contributed by atoms with Gasteiger partial charge in [0.25, 0.3) is 0 Å². The van der Waals surface area contributed by atoms with Gasteiger partial charge in [-0.15, -0.1) is 0 Å². The molecule has 0 N–H and O–H groups in total. The Morgan fingerprint density at radius 1 is 0.553 bits per heavy atom. The van der Waals surface area contributed by atoms with Gasteiger partial charge in [0.2, 0.25) is 0 Å². The Hall–Kier alpha value is -6.08. The summed E-state index contributed by atoms with van der Waals surface area (Å²) in [5, 5.41) is 15.8. The van der Waals surface area contributed by atoms with Crippen LogP contribution in [0.1, 0.15) is 11.1 Å². The van der Waals surface area contributed by atoms with Crippen LogP contribution in [0.3, 0.4) is 0 Å². The second kappa shape index (κ2) is 15.3. The molecule has 0 spiro atoms. The summed E-state index contributed by atoms with van der Waals surface area (Å²) in [5.41, 5.74) is 7.29. The van der Waals surface area contributed by atoms with E-state index < -0.39 is 0 Å². The number of hydrazone groups is 2. The van der Waals surface area contributed by atoms with E-state index in [-0.39, 0.29) is 0 Å². The van der Waals surface area contributed by atoms with Crippen LogP contribution in [0, 0.1) is 0 Å². The molecule has 0 unspecified atom stereocenters. The summed E-state index contributed by atoms with van der Waals surface area (Å²) in [6.45, 7) is 9.45. The lowest BCUT2D eigenvalue weighted by Crippen LogP contribution is -2.21. The van der Waals surface area contributed by atoms with Gasteiger partial charge in [-0.1, -0.05) is 79.9 Å². The minimum absolute atomic E-state index is 0.479. The van der Waals surface area contributed by atoms with Gasteiger partial charge < -0.3 is 14.0 Å². The van der Waals surface area contributed by atoms with Crippen molar-refractivity contribution in [3.63, 3.8) is 0 Å². The third-order valence-corrected chi connectivity index (χ3v) is 7.71. The fraction of sp³-hybridized carbons (Fsp3) is 0.100. The Kier molecular flexibility index (Phi) is 10.1. The fourth-order valence-corrected chi connectivity index (χ4v) is 5.50. The molecule has 1 heterocycles. The maximum absolute atomic E-state index is 5.41. The Morgan fingerprint density at radius 3 is 1.40 bits per heavy atom. The molecule has 1 aromatic heterocycles. The van der Waals surface area contributed by atoms with E-state index in [0.29, 0.717) is 26.3 Å². The predicted octanol–water partition coefficient (Wildman–Crippen LogP) is 8.78. The number of fused-ring (bicyclic) bond motifs is 3. The van der Waals surface area contributed by atoms with E-state index >= 15 is 0 Å². The normalized spacial score (nSPS) is 11.3. The molecule has 0 aliphatic rings. The quantitative estimate of drug-likeness (QED) is 0.0499. The van der Waals surface area contributed by atoms with E-state index in [4.69, 9.17) is 19.7 Å². The molecule has 0 radical (unpaired) electrons. The third kappa shape index (κ3) is 7.43. The fourth-order valence-electron chi connectivity index (χ4n) is 5.50. The molecule has 7 heteroatoms. The topological polar surface area (TPSA) is 54.6 Å². The van der Waals surface area contributed by atoms with Gasteiger partial charge >= 0.3 is 0 Å². The van der Waals surface area contributed by atoms with Gasteiger partial charge in [0, 0.05) is 16.5 Å². The van der Waals surface area contributed by atoms with Gasteiger partial charge in [-0.2, -0.15) is 10.2 Å². The number of benzene rings is 5. The monoisotopic (exact) mass is 619 g/mol. The number of aromatic nitrogens is 1. The van der Waals surface area contributed by atoms with Crippen LogP contribution in [0.2, 0.25) is 0 Å². The van der Waals surface area contributed by atoms with Crippen molar-refractivity contribution in [3.8, 4) is 5.69 Å². The maximum Gasteiger partial charge on any atom is 0.107 e. The molecule has 6 aromatic rings. The highest BCUT2D eigenvalue weighted by molar-refractivity contribution is 6.12. The number of ether oxygens (including phenoxy) is 2. The zero-order chi connectivity index (χ0) is 32.3. The summed E-state index contributed by atoms with van der Waals surface area (Å²) in [7, 11) is 0. The molecule has 234 valence electrons. The van der Waals surface area contributed by atoms with Crippen molar-refractivity contribution in [2.24, 2.45) is 10.2 Å². The molecule has 0 saturated heterocycles. The molecule has 0 aliphatic carbocycles. The molecule has 47 heavy (non-hydrogen) atoms. The van der Waals surface area contributed by atoms with Crippen LogP contribution >= 0.6 is 0 Å². The second-order valence-corrected chi connectivity index (χ2v) is 10.7. The van der Waals surface area contributed by atoms with Gasteiger partial charge in [-0.05, 0) is 71.8 Å². The first-order valence-electron chi connectivity index (χ1n) is 15.6. The van der Waals surface area contributed by atoms with Crippen molar-refractivity contribution in [1.82, 2.24) is 4.57 Å². The van der Waals surface area contributed by atoms with Gasteiger partial charge in [-0.3, -0.25) is 10.0 Å². The molecule has 6 rings (SSSR count). The third-order valence-electron chi connectivity index (χ3n) is 7.71. The van der Waals surface area contributed by atoms with Gasteiger partial charge in [0.05, 0.1) is 60.5 Å². The van der Waals surface area contributed by atoms with Crippen LogP contribution in [0.5, 0.6) is 0 Å². The van der Waals surface area contributed by atoms with Crippen LogP contribution < -0.4 is 10.0 Å². The summed E-state index contributed by atoms with van der Waals surface area (Å²) in [5.74, 6) is 0. The molecule has 5 aromatic carbocycles. The van der Waals surface area contributed by atoms with Crippen LogP contribution in [0.15, 0.2) is 163 Å². The van der Waals surface area contributed by atoms with Crippen LogP contribution in [0.4, 0.5) is 11.4 Å². The molecule has 0 aliphatic heterocycles. The smallest absolute Gasteiger partial charge is 0.107 e. The van der Waals surface area contributed by atoms with Crippen molar-refractivity contribution in [2.75, 3.05) is 36.3 Å². The zero-order valence-electron chi connectivity index (χ0n) is 26.2. The van der Waals surface area contributed by atoms with E-state index in [1.807, 2.05) is 89.2 Å². The van der Waals surface area contributed by atoms with E-state index in [2.05, 4.69) is 78.4 Å². The van der Waals surface area contributed by atoms with Crippen molar-refractivity contribution < 1.29 is 9.47 Å². The number of anilines is 2. The molecular weight excluding hydrogens is 582 g/mol. The van der Waals surface area contributed by atoms with E-state index in [1.165, 1.54) is 12.5 Å². The Balaban J connectivity index is 1.39. The largest absolute Gasteiger partial charge is 0.500 e. The lowest BCUT2D eigenvalue weighted by atomic mass is 10.1. The first-order valence-corrected chi connectivity index (χ1v) is 15.6. The molecular formula is C40H37N5O2. The molecule has 0 atom stereocenters. The lowest BCUT2D eigenvalue weighted by Gasteiger charge is -2.18. The van der Waals surface area contributed by atoms with E-state index in [9.17, 15) is 0 Å². The Labute approximate surface area is 275 Å². The summed E-state index contributed by atoms with van der Waals surface area (Å²) in [6.07, 6.45) is 6.72. The summed E-state index contributed by atoms with van der Waals surface area (Å²) in [6, 6.07) is 43.6. The van der Waals surface area contributed by atoms with E-state index in [1.54, 1.807) is 0 Å². The Morgan fingerprint density at radius 2 is 0.979 bits per heavy atom. The summed E-state index contributed by atoms with van der Waals surface area (Å²) in [4.78, 5) is 0. The van der Waals surface area contributed by atoms with Gasteiger partial charge in [0.15, 0.2) is 0 Å². The number of hydrogen-bond acceptors (Lipinski definition) is 6. The predicted molar refractivity (Wildman–Crippen MR) is 196 cm³/mol. The van der Waals surface area contributed by atoms with Crippen LogP contribution in [-0.4, -0.2) is 43.3 Å². The number of nitrogens with zero attached hydrogens (tertiary/aromatic N) is 5. The molecule has 7 nitrogen and oxygen atoms in total. The van der Waals surface area contributed by atoms with E-state index in [0.717, 1.165) is 50.0 Å². The molecule has 0 bridgehead atoms. The summed E-state index contributed by atoms with van der Waals surface area (Å²) >= 11 is 0. The lowest BCUT2D eigenvalue weighted by molar-refractivity contribution is 0.258. The molecule has 0 saturated carbocycles. The SMILES string of the molecule is C=COCCN(/N=C/c1ccc2c(c1)c1cc(/C=N/N(CCOC=C)c3ccccc3)ccc1n2-c1ccccc1)c1ccccc1. The molecule has 0 fully saturated rings. The highest BCUT2D eigenvalue weighted by Gasteiger charge is 2.14. The molecule has 0 amide bonds. The zero-order valence-corrected chi connectivity index (χ0v) is 26.2. The maximum atomic E-state index is 5.41. The first kappa shape index (κ1) is 30.9. The van der Waals surface area contributed by atoms with Gasteiger partial charge in [0.1, 0.15) is 13.2 Å². The average Bonchev–Trinajstić information content (AvgIpc) is 3.45. The number of hydrogen-bond donors (Lipinski definition) is 0. The van der Waals surface area contributed by atoms with Crippen LogP contribution in [-0.2, 0) is 9.47 Å². The average molecular weight is 620 g/mol. The minimum Gasteiger partial charge on any atom is -0.500 e. The van der Waals surface area contributed by atoms with Gasteiger partial charge in [-0.25, -0.2) is 0 Å².